The van der Waals surface area contributed by atoms with Crippen molar-refractivity contribution in [2.45, 2.75) is 35.7 Å². The number of halogens is 7. The number of furan rings is 1. The quantitative estimate of drug-likeness (QED) is 0.211. The molecule has 5 aromatic rings. The third-order valence-electron chi connectivity index (χ3n) is 7.13. The molecule has 17 heteroatoms. The fourth-order valence-electron chi connectivity index (χ4n) is 4.84. The number of amides is 1. The average molecular weight is 654 g/mol. The lowest BCUT2D eigenvalue weighted by molar-refractivity contribution is -0.141. The van der Waals surface area contributed by atoms with E-state index >= 15 is 0 Å². The lowest BCUT2D eigenvalue weighted by atomic mass is 10.0. The van der Waals surface area contributed by atoms with Crippen molar-refractivity contribution in [2.24, 2.45) is 0 Å². The Morgan fingerprint density at radius 3 is 2.58 bits per heavy atom. The van der Waals surface area contributed by atoms with Gasteiger partial charge in [-0.25, -0.2) is 27.2 Å². The van der Waals surface area contributed by atoms with E-state index in [0.29, 0.717) is 29.3 Å². The van der Waals surface area contributed by atoms with E-state index in [4.69, 9.17) is 4.42 Å². The summed E-state index contributed by atoms with van der Waals surface area (Å²) in [6, 6.07) is 9.36. The number of sulfone groups is 1. The first kappa shape index (κ1) is 30.2. The molecule has 0 aliphatic carbocycles. The molecule has 6 rings (SSSR count). The SMILES string of the molecule is O=C(NCc1cc2nc(N3CCC(F)(F)c4ccc(C(F)(F)F)nc43)ccc2cn1)c1ccc2occ(S(=O)(=O)C(F)F)c2c1. The molecule has 4 aromatic heterocycles. The molecule has 0 saturated carbocycles. The Morgan fingerprint density at radius 2 is 1.84 bits per heavy atom. The molecule has 0 bridgehead atoms. The molecular weight excluding hydrogens is 635 g/mol. The number of benzene rings is 1. The molecule has 1 N–H and O–H groups in total. The van der Waals surface area contributed by atoms with Gasteiger partial charge in [0.2, 0.25) is 9.84 Å². The van der Waals surface area contributed by atoms with Crippen molar-refractivity contribution < 1.29 is 48.4 Å². The van der Waals surface area contributed by atoms with Gasteiger partial charge in [0.25, 0.3) is 11.8 Å². The summed E-state index contributed by atoms with van der Waals surface area (Å²) in [7, 11) is -4.99. The Morgan fingerprint density at radius 1 is 1.07 bits per heavy atom. The summed E-state index contributed by atoms with van der Waals surface area (Å²) in [4.78, 5) is 25.4. The molecule has 0 saturated heterocycles. The van der Waals surface area contributed by atoms with Gasteiger partial charge in [0.15, 0.2) is 0 Å². The number of alkyl halides is 7. The van der Waals surface area contributed by atoms with Crippen LogP contribution in [0.1, 0.15) is 33.7 Å². The van der Waals surface area contributed by atoms with Crippen molar-refractivity contribution in [3.63, 3.8) is 0 Å². The number of nitrogens with zero attached hydrogens (tertiary/aromatic N) is 4. The predicted octanol–water partition coefficient (Wildman–Crippen LogP) is 6.35. The van der Waals surface area contributed by atoms with Gasteiger partial charge in [-0.2, -0.15) is 22.0 Å². The van der Waals surface area contributed by atoms with Crippen molar-refractivity contribution in [2.75, 3.05) is 11.4 Å². The molecule has 0 radical (unpaired) electrons. The number of pyridine rings is 3. The van der Waals surface area contributed by atoms with Crippen LogP contribution in [0, 0.1) is 0 Å². The van der Waals surface area contributed by atoms with Crippen LogP contribution in [0.25, 0.3) is 21.9 Å². The van der Waals surface area contributed by atoms with Gasteiger partial charge in [-0.15, -0.1) is 0 Å². The van der Waals surface area contributed by atoms with Gasteiger partial charge in [0, 0.05) is 35.5 Å². The van der Waals surface area contributed by atoms with Gasteiger partial charge in [0.05, 0.1) is 23.3 Å². The van der Waals surface area contributed by atoms with Crippen LogP contribution in [0.3, 0.4) is 0 Å². The van der Waals surface area contributed by atoms with Crippen LogP contribution in [0.4, 0.5) is 42.4 Å². The van der Waals surface area contributed by atoms with Gasteiger partial charge >= 0.3 is 11.9 Å². The molecule has 5 heterocycles. The fourth-order valence-corrected chi connectivity index (χ4v) is 5.68. The molecule has 0 atom stereocenters. The van der Waals surface area contributed by atoms with E-state index in [9.17, 15) is 43.9 Å². The highest BCUT2D eigenvalue weighted by Gasteiger charge is 2.43. The number of nitrogens with one attached hydrogen (secondary N) is 1. The van der Waals surface area contributed by atoms with Gasteiger partial charge in [0.1, 0.15) is 34.1 Å². The van der Waals surface area contributed by atoms with Crippen LogP contribution in [0.2, 0.25) is 0 Å². The second-order valence-electron chi connectivity index (χ2n) is 10.0. The molecule has 1 aliphatic rings. The smallest absolute Gasteiger partial charge is 0.433 e. The van der Waals surface area contributed by atoms with Gasteiger partial charge < -0.3 is 14.6 Å². The predicted molar refractivity (Wildman–Crippen MR) is 145 cm³/mol. The summed E-state index contributed by atoms with van der Waals surface area (Å²) in [6.45, 7) is -0.524. The number of rotatable bonds is 6. The number of carbonyl (C=O) groups is 1. The highest BCUT2D eigenvalue weighted by molar-refractivity contribution is 7.92. The summed E-state index contributed by atoms with van der Waals surface area (Å²) in [5.74, 6) is -8.28. The first-order valence-corrected chi connectivity index (χ1v) is 14.5. The zero-order chi connectivity index (χ0) is 32.3. The number of hydrogen-bond donors (Lipinski definition) is 1. The van der Waals surface area contributed by atoms with E-state index in [0.717, 1.165) is 6.07 Å². The Bertz CT molecular complexity index is 2080. The van der Waals surface area contributed by atoms with E-state index in [1.165, 1.54) is 35.4 Å². The van der Waals surface area contributed by atoms with E-state index in [-0.39, 0.29) is 41.1 Å². The number of aromatic nitrogens is 3. The van der Waals surface area contributed by atoms with Crippen molar-refractivity contribution >= 4 is 49.3 Å². The normalized spacial score (nSPS) is 15.1. The Hall–Kier alpha value is -4.80. The van der Waals surface area contributed by atoms with Crippen LogP contribution < -0.4 is 10.2 Å². The zero-order valence-electron chi connectivity index (χ0n) is 22.4. The van der Waals surface area contributed by atoms with E-state index in [1.54, 1.807) is 6.07 Å². The number of anilines is 2. The van der Waals surface area contributed by atoms with Gasteiger partial charge in [-0.3, -0.25) is 9.78 Å². The molecule has 1 aromatic carbocycles. The minimum absolute atomic E-state index is 0.0197. The highest BCUT2D eigenvalue weighted by atomic mass is 32.2. The molecule has 0 unspecified atom stereocenters. The fraction of sp³-hybridized carbons (Fsp3) is 0.214. The van der Waals surface area contributed by atoms with Crippen LogP contribution in [0.15, 0.2) is 70.3 Å². The maximum absolute atomic E-state index is 14.6. The van der Waals surface area contributed by atoms with Crippen LogP contribution in [-0.4, -0.2) is 41.6 Å². The second kappa shape index (κ2) is 10.7. The van der Waals surface area contributed by atoms with E-state index in [2.05, 4.69) is 20.3 Å². The summed E-state index contributed by atoms with van der Waals surface area (Å²) in [5, 5.41) is 2.88. The topological polar surface area (TPSA) is 118 Å². The minimum Gasteiger partial charge on any atom is -0.463 e. The molecule has 234 valence electrons. The lowest BCUT2D eigenvalue weighted by Gasteiger charge is -2.34. The van der Waals surface area contributed by atoms with Crippen molar-refractivity contribution in [3.05, 3.63) is 83.5 Å². The molecule has 9 nitrogen and oxygen atoms in total. The number of hydrogen-bond acceptors (Lipinski definition) is 8. The Balaban J connectivity index is 1.26. The van der Waals surface area contributed by atoms with Crippen LogP contribution >= 0.6 is 0 Å². The van der Waals surface area contributed by atoms with Crippen LogP contribution in [-0.2, 0) is 28.5 Å². The lowest BCUT2D eigenvalue weighted by Crippen LogP contribution is -2.34. The Kier molecular flexibility index (Phi) is 7.17. The number of carbonyl (C=O) groups excluding carboxylic acids is 1. The highest BCUT2D eigenvalue weighted by Crippen LogP contribution is 2.45. The van der Waals surface area contributed by atoms with Crippen molar-refractivity contribution in [1.29, 1.82) is 0 Å². The molecule has 1 amide bonds. The molecule has 1 aliphatic heterocycles. The molecule has 45 heavy (non-hydrogen) atoms. The average Bonchev–Trinajstić information content (AvgIpc) is 3.43. The zero-order valence-corrected chi connectivity index (χ0v) is 23.3. The summed E-state index contributed by atoms with van der Waals surface area (Å²) >= 11 is 0. The second-order valence-corrected chi connectivity index (χ2v) is 11.9. The third kappa shape index (κ3) is 5.51. The number of fused-ring (bicyclic) bond motifs is 3. The first-order valence-electron chi connectivity index (χ1n) is 13.0. The first-order chi connectivity index (χ1) is 21.1. The van der Waals surface area contributed by atoms with Crippen molar-refractivity contribution in [1.82, 2.24) is 20.3 Å². The molecule has 0 fully saturated rings. The Labute approximate surface area is 248 Å². The largest absolute Gasteiger partial charge is 0.463 e. The summed E-state index contributed by atoms with van der Waals surface area (Å²) in [6.07, 6.45) is -3.44. The standard InChI is InChI=1S/C28H18F7N5O4S/c29-26(30)45(42,43)21-13-44-20-4-1-14(9-17(20)21)25(41)37-12-16-10-19-15(11-36-16)2-6-23(38-19)40-8-7-27(31,32)18-3-5-22(28(33,34)35)39-24(18)40/h1-6,9-11,13,26H,7-8,12H2,(H,37,41). The molecule has 0 spiro atoms. The summed E-state index contributed by atoms with van der Waals surface area (Å²) < 4.78 is 124. The minimum atomic E-state index is -4.99. The van der Waals surface area contributed by atoms with E-state index < -0.39 is 62.0 Å². The maximum Gasteiger partial charge on any atom is 0.433 e. The summed E-state index contributed by atoms with van der Waals surface area (Å²) in [5.41, 5.74) is -1.48. The maximum atomic E-state index is 14.6. The van der Waals surface area contributed by atoms with Crippen molar-refractivity contribution in [3.8, 4) is 0 Å². The van der Waals surface area contributed by atoms with Gasteiger partial charge in [-0.1, -0.05) is 0 Å². The van der Waals surface area contributed by atoms with Gasteiger partial charge in [-0.05, 0) is 48.5 Å². The van der Waals surface area contributed by atoms with Crippen LogP contribution in [0.5, 0.6) is 0 Å². The third-order valence-corrected chi connectivity index (χ3v) is 8.53. The monoisotopic (exact) mass is 653 g/mol. The molecular formula is C28H18F7N5O4S. The van der Waals surface area contributed by atoms with E-state index in [1.807, 2.05) is 0 Å².